The zero-order valence-corrected chi connectivity index (χ0v) is 13.1. The summed E-state index contributed by atoms with van der Waals surface area (Å²) in [4.78, 5) is 2.10. The van der Waals surface area contributed by atoms with E-state index in [0.29, 0.717) is 24.5 Å². The molecule has 0 aliphatic carbocycles. The molecule has 4 nitrogen and oxygen atoms in total. The molecular weight excluding hydrogens is 307 g/mol. The maximum absolute atomic E-state index is 13.4. The molecule has 2 aromatic rings. The van der Waals surface area contributed by atoms with Crippen molar-refractivity contribution in [1.29, 1.82) is 0 Å². The third kappa shape index (κ3) is 3.66. The van der Waals surface area contributed by atoms with Gasteiger partial charge in [0.2, 0.25) is 0 Å². The van der Waals surface area contributed by atoms with Crippen LogP contribution in [0.3, 0.4) is 0 Å². The zero-order chi connectivity index (χ0) is 15.7. The summed E-state index contributed by atoms with van der Waals surface area (Å²) in [6, 6.07) is 6.41. The van der Waals surface area contributed by atoms with Crippen LogP contribution in [0.1, 0.15) is 17.0 Å². The molecule has 3 rings (SSSR count). The van der Waals surface area contributed by atoms with Gasteiger partial charge in [0.1, 0.15) is 11.6 Å². The van der Waals surface area contributed by atoms with Crippen LogP contribution in [0, 0.1) is 18.7 Å². The van der Waals surface area contributed by atoms with Crippen LogP contribution in [0.25, 0.3) is 0 Å². The van der Waals surface area contributed by atoms with Crippen LogP contribution in [-0.2, 0) is 13.0 Å². The minimum Gasteiger partial charge on any atom is -0.391 e. The summed E-state index contributed by atoms with van der Waals surface area (Å²) >= 11 is 5.88. The predicted octanol–water partition coefficient (Wildman–Crippen LogP) is 2.81. The molecule has 1 aliphatic heterocycles. The highest BCUT2D eigenvalue weighted by Gasteiger charge is 2.32. The number of aromatic nitrogens is 1. The Balaban J connectivity index is 1.62. The van der Waals surface area contributed by atoms with Crippen molar-refractivity contribution in [2.45, 2.75) is 26.0 Å². The summed E-state index contributed by atoms with van der Waals surface area (Å²) in [5.74, 6) is 0.546. The van der Waals surface area contributed by atoms with Crippen molar-refractivity contribution in [3.63, 3.8) is 0 Å². The van der Waals surface area contributed by atoms with Crippen molar-refractivity contribution in [2.75, 3.05) is 13.1 Å². The van der Waals surface area contributed by atoms with Crippen LogP contribution in [-0.4, -0.2) is 34.4 Å². The van der Waals surface area contributed by atoms with Crippen molar-refractivity contribution in [1.82, 2.24) is 10.1 Å². The van der Waals surface area contributed by atoms with E-state index in [-0.39, 0.29) is 11.7 Å². The lowest BCUT2D eigenvalue weighted by Gasteiger charge is -2.15. The molecule has 1 fully saturated rings. The van der Waals surface area contributed by atoms with Crippen LogP contribution in [0.5, 0.6) is 0 Å². The standard InChI is InChI=1S/C16H18ClFN2O2/c1-10-2-15(22-19-10)5-12-8-20(9-16(12)21)7-11-3-13(17)6-14(18)4-11/h2-4,6,12,16,21H,5,7-9H2,1H3. The molecule has 6 heteroatoms. The first-order valence-electron chi connectivity index (χ1n) is 7.27. The molecule has 1 aromatic heterocycles. The van der Waals surface area contributed by atoms with Crippen molar-refractivity contribution < 1.29 is 14.0 Å². The zero-order valence-electron chi connectivity index (χ0n) is 12.3. The van der Waals surface area contributed by atoms with Crippen molar-refractivity contribution in [2.24, 2.45) is 5.92 Å². The van der Waals surface area contributed by atoms with Gasteiger partial charge < -0.3 is 9.63 Å². The maximum atomic E-state index is 13.4. The lowest BCUT2D eigenvalue weighted by molar-refractivity contribution is 0.137. The smallest absolute Gasteiger partial charge is 0.137 e. The normalized spacial score (nSPS) is 22.4. The Bertz CT molecular complexity index is 641. The third-order valence-electron chi connectivity index (χ3n) is 3.95. The third-order valence-corrected chi connectivity index (χ3v) is 4.17. The van der Waals surface area contributed by atoms with Crippen LogP contribution < -0.4 is 0 Å². The SMILES string of the molecule is Cc1cc(CC2CN(Cc3cc(F)cc(Cl)c3)CC2O)on1. The van der Waals surface area contributed by atoms with Gasteiger partial charge in [-0.05, 0) is 30.7 Å². The first kappa shape index (κ1) is 15.5. The van der Waals surface area contributed by atoms with E-state index in [4.69, 9.17) is 16.1 Å². The quantitative estimate of drug-likeness (QED) is 0.939. The minimum absolute atomic E-state index is 0.0939. The summed E-state index contributed by atoms with van der Waals surface area (Å²) in [7, 11) is 0. The van der Waals surface area contributed by atoms with Crippen LogP contribution in [0.2, 0.25) is 5.02 Å². The largest absolute Gasteiger partial charge is 0.391 e. The van der Waals surface area contributed by atoms with E-state index >= 15 is 0 Å². The summed E-state index contributed by atoms with van der Waals surface area (Å²) in [6.45, 7) is 3.74. The van der Waals surface area contributed by atoms with E-state index in [9.17, 15) is 9.50 Å². The van der Waals surface area contributed by atoms with E-state index in [2.05, 4.69) is 10.1 Å². The topological polar surface area (TPSA) is 49.5 Å². The molecule has 0 bridgehead atoms. The van der Waals surface area contributed by atoms with Crippen LogP contribution in [0.4, 0.5) is 4.39 Å². The van der Waals surface area contributed by atoms with Crippen molar-refractivity contribution in [3.05, 3.63) is 52.1 Å². The number of β-amino-alcohol motifs (C(OH)–C–C–N with tert-alkyl or cyclic N) is 1. The van der Waals surface area contributed by atoms with Gasteiger partial charge in [-0.2, -0.15) is 0 Å². The van der Waals surface area contributed by atoms with Crippen molar-refractivity contribution >= 4 is 11.6 Å². The van der Waals surface area contributed by atoms with Gasteiger partial charge in [0, 0.05) is 43.1 Å². The molecule has 0 saturated carbocycles. The first-order valence-corrected chi connectivity index (χ1v) is 7.65. The molecule has 0 spiro atoms. The van der Waals surface area contributed by atoms with Gasteiger partial charge in [-0.3, -0.25) is 4.90 Å². The number of benzene rings is 1. The lowest BCUT2D eigenvalue weighted by atomic mass is 10.0. The maximum Gasteiger partial charge on any atom is 0.137 e. The highest BCUT2D eigenvalue weighted by atomic mass is 35.5. The molecule has 2 heterocycles. The average molecular weight is 325 g/mol. The second kappa shape index (κ2) is 6.36. The van der Waals surface area contributed by atoms with Gasteiger partial charge in [-0.25, -0.2) is 4.39 Å². The molecule has 2 atom stereocenters. The summed E-state index contributed by atoms with van der Waals surface area (Å²) in [5, 5.41) is 14.5. The van der Waals surface area contributed by atoms with Crippen molar-refractivity contribution in [3.8, 4) is 0 Å². The van der Waals surface area contributed by atoms with E-state index in [1.54, 1.807) is 6.07 Å². The molecular formula is C16H18ClFN2O2. The van der Waals surface area contributed by atoms with E-state index < -0.39 is 6.10 Å². The van der Waals surface area contributed by atoms with Crippen LogP contribution >= 0.6 is 11.6 Å². The number of likely N-dealkylation sites (tertiary alicyclic amines) is 1. The molecule has 118 valence electrons. The Morgan fingerprint density at radius 2 is 2.18 bits per heavy atom. The fourth-order valence-corrected chi connectivity index (χ4v) is 3.25. The second-order valence-electron chi connectivity index (χ2n) is 5.94. The molecule has 1 aromatic carbocycles. The summed E-state index contributed by atoms with van der Waals surface area (Å²) in [6.07, 6.45) is 0.233. The van der Waals surface area contributed by atoms with Gasteiger partial charge in [0.15, 0.2) is 0 Å². The van der Waals surface area contributed by atoms with Gasteiger partial charge in [0.25, 0.3) is 0 Å². The molecule has 2 unspecified atom stereocenters. The first-order chi connectivity index (χ1) is 10.5. The monoisotopic (exact) mass is 324 g/mol. The Labute approximate surface area is 133 Å². The van der Waals surface area contributed by atoms with E-state index in [0.717, 1.165) is 23.6 Å². The lowest BCUT2D eigenvalue weighted by Crippen LogP contribution is -2.21. The summed E-state index contributed by atoms with van der Waals surface area (Å²) < 4.78 is 18.6. The fourth-order valence-electron chi connectivity index (χ4n) is 3.00. The molecule has 1 aliphatic rings. The van der Waals surface area contributed by atoms with E-state index in [1.165, 1.54) is 12.1 Å². The minimum atomic E-state index is -0.422. The van der Waals surface area contributed by atoms with Gasteiger partial charge in [-0.1, -0.05) is 16.8 Å². The Morgan fingerprint density at radius 3 is 2.86 bits per heavy atom. The van der Waals surface area contributed by atoms with Gasteiger partial charge in [0.05, 0.1) is 11.8 Å². The number of hydrogen-bond acceptors (Lipinski definition) is 4. The number of hydrogen-bond donors (Lipinski definition) is 1. The average Bonchev–Trinajstić information content (AvgIpc) is 2.95. The number of aliphatic hydroxyl groups excluding tert-OH is 1. The number of aliphatic hydroxyl groups is 1. The Morgan fingerprint density at radius 1 is 1.36 bits per heavy atom. The van der Waals surface area contributed by atoms with Crippen LogP contribution in [0.15, 0.2) is 28.8 Å². The molecule has 1 N–H and O–H groups in total. The molecule has 0 amide bonds. The fraction of sp³-hybridized carbons (Fsp3) is 0.438. The number of rotatable bonds is 4. The molecule has 0 radical (unpaired) electrons. The predicted molar refractivity (Wildman–Crippen MR) is 81.1 cm³/mol. The van der Waals surface area contributed by atoms with Gasteiger partial charge in [-0.15, -0.1) is 0 Å². The number of aryl methyl sites for hydroxylation is 1. The highest BCUT2D eigenvalue weighted by molar-refractivity contribution is 6.30. The molecule has 22 heavy (non-hydrogen) atoms. The van der Waals surface area contributed by atoms with E-state index in [1.807, 2.05) is 13.0 Å². The summed E-state index contributed by atoms with van der Waals surface area (Å²) in [5.41, 5.74) is 1.65. The number of nitrogens with zero attached hydrogens (tertiary/aromatic N) is 2. The highest BCUT2D eigenvalue weighted by Crippen LogP contribution is 2.24. The second-order valence-corrected chi connectivity index (χ2v) is 6.37. The number of halogens is 2. The Kier molecular flexibility index (Phi) is 4.47. The molecule has 1 saturated heterocycles. The van der Waals surface area contributed by atoms with Gasteiger partial charge >= 0.3 is 0 Å². The Hall–Kier alpha value is -1.43.